The van der Waals surface area contributed by atoms with Gasteiger partial charge in [0.2, 0.25) is 5.91 Å². The number of amides is 1. The predicted octanol–water partition coefficient (Wildman–Crippen LogP) is 17.4. The summed E-state index contributed by atoms with van der Waals surface area (Å²) in [4.78, 5) is 23.3. The van der Waals surface area contributed by atoms with Crippen molar-refractivity contribution in [1.29, 1.82) is 0 Å². The average molecular weight is 999 g/mol. The standard InChI is InChI=1S/C61H109N2O6P/c1-6-8-10-12-14-16-18-20-22-24-26-28-30-31-33-35-37-39-41-43-45-47-49-51-53-55-61(65)62-59(58-69-70(66,67)68-57-56-63(3,4)5)60(64)54-52-50-48-46-44-42-40-38-36-34-32-29-27-25-23-21-19-17-15-13-11-9-7-2/h8,10,14,16,20,22,26,28,31,33,37,39,43,45,52,54,59-60,64H,6-7,9,11-13,15,17-19,21,23-25,27,29-30,32,34-36,38,40-42,44,46-51,53,55-58H2,1-5H3,(H-,62,65,66,67)/p+1/b10-8-,16-14-,22-20-,28-26-,33-31-,39-37-,45-43-,54-52+. The number of likely N-dealkylation sites (N-methyl/N-ethyl adjacent to an activating group) is 1. The van der Waals surface area contributed by atoms with E-state index in [1.165, 1.54) is 122 Å². The van der Waals surface area contributed by atoms with E-state index < -0.39 is 20.0 Å². The van der Waals surface area contributed by atoms with Crippen LogP contribution in [0.4, 0.5) is 0 Å². The first-order valence-corrected chi connectivity index (χ1v) is 30.1. The lowest BCUT2D eigenvalue weighted by Crippen LogP contribution is -2.45. The zero-order valence-electron chi connectivity index (χ0n) is 46.0. The summed E-state index contributed by atoms with van der Waals surface area (Å²) in [5, 5.41) is 13.9. The van der Waals surface area contributed by atoms with Crippen molar-refractivity contribution in [1.82, 2.24) is 5.32 Å². The molecule has 0 aromatic heterocycles. The second-order valence-electron chi connectivity index (χ2n) is 20.3. The molecule has 3 atom stereocenters. The van der Waals surface area contributed by atoms with Crippen LogP contribution in [0.2, 0.25) is 0 Å². The number of nitrogens with one attached hydrogen (secondary N) is 1. The van der Waals surface area contributed by atoms with Crippen molar-refractivity contribution in [3.63, 3.8) is 0 Å². The Morgan fingerprint density at radius 1 is 0.500 bits per heavy atom. The molecular formula is C61H110N2O6P+. The average Bonchev–Trinajstić information content (AvgIpc) is 3.32. The van der Waals surface area contributed by atoms with Crippen molar-refractivity contribution in [3.05, 3.63) is 97.2 Å². The monoisotopic (exact) mass is 998 g/mol. The van der Waals surface area contributed by atoms with Crippen LogP contribution in [0.3, 0.4) is 0 Å². The Kier molecular flexibility index (Phi) is 49.4. The first-order chi connectivity index (χ1) is 34.0. The van der Waals surface area contributed by atoms with Crippen LogP contribution in [0.25, 0.3) is 0 Å². The number of carbonyl (C=O) groups excluding carboxylic acids is 1. The smallest absolute Gasteiger partial charge is 0.387 e. The van der Waals surface area contributed by atoms with E-state index in [0.29, 0.717) is 17.4 Å². The molecule has 0 heterocycles. The number of unbranched alkanes of at least 4 members (excludes halogenated alkanes) is 24. The summed E-state index contributed by atoms with van der Waals surface area (Å²) in [6, 6.07) is -0.872. The van der Waals surface area contributed by atoms with E-state index in [0.717, 1.165) is 89.9 Å². The van der Waals surface area contributed by atoms with Gasteiger partial charge in [-0.15, -0.1) is 0 Å². The summed E-state index contributed by atoms with van der Waals surface area (Å²) in [5.41, 5.74) is 0. The molecule has 404 valence electrons. The second-order valence-corrected chi connectivity index (χ2v) is 21.7. The van der Waals surface area contributed by atoms with Crippen molar-refractivity contribution in [2.75, 3.05) is 40.9 Å². The van der Waals surface area contributed by atoms with Gasteiger partial charge in [-0.2, -0.15) is 0 Å². The number of rotatable bonds is 51. The summed E-state index contributed by atoms with van der Waals surface area (Å²) in [6.07, 6.45) is 73.6. The number of phosphoric acid groups is 1. The van der Waals surface area contributed by atoms with E-state index >= 15 is 0 Å². The normalized spacial score (nSPS) is 14.7. The van der Waals surface area contributed by atoms with Gasteiger partial charge in [0.1, 0.15) is 13.2 Å². The molecule has 3 N–H and O–H groups in total. The van der Waals surface area contributed by atoms with Crippen LogP contribution in [0.15, 0.2) is 97.2 Å². The van der Waals surface area contributed by atoms with Gasteiger partial charge in [-0.3, -0.25) is 13.8 Å². The van der Waals surface area contributed by atoms with Crippen LogP contribution in [0, 0.1) is 0 Å². The van der Waals surface area contributed by atoms with E-state index in [4.69, 9.17) is 9.05 Å². The fourth-order valence-corrected chi connectivity index (χ4v) is 8.58. The fourth-order valence-electron chi connectivity index (χ4n) is 7.85. The van der Waals surface area contributed by atoms with Crippen molar-refractivity contribution in [2.24, 2.45) is 0 Å². The van der Waals surface area contributed by atoms with Gasteiger partial charge < -0.3 is 19.8 Å². The highest BCUT2D eigenvalue weighted by atomic mass is 31.2. The molecule has 0 aromatic rings. The van der Waals surface area contributed by atoms with Crippen LogP contribution in [-0.4, -0.2) is 73.4 Å². The first kappa shape index (κ1) is 67.4. The summed E-state index contributed by atoms with van der Waals surface area (Å²) in [6.45, 7) is 4.68. The molecule has 0 fully saturated rings. The molecule has 0 saturated heterocycles. The number of aliphatic hydroxyl groups excluding tert-OH is 1. The van der Waals surface area contributed by atoms with E-state index in [2.05, 4.69) is 104 Å². The Balaban J connectivity index is 4.34. The van der Waals surface area contributed by atoms with Crippen LogP contribution in [-0.2, 0) is 18.4 Å². The number of aliphatic hydroxyl groups is 1. The molecule has 0 aliphatic rings. The maximum Gasteiger partial charge on any atom is 0.472 e. The molecule has 3 unspecified atom stereocenters. The summed E-state index contributed by atoms with van der Waals surface area (Å²) in [7, 11) is 1.54. The number of phosphoric ester groups is 1. The molecule has 0 radical (unpaired) electrons. The van der Waals surface area contributed by atoms with Crippen LogP contribution < -0.4 is 5.32 Å². The highest BCUT2D eigenvalue weighted by molar-refractivity contribution is 7.47. The quantitative estimate of drug-likeness (QED) is 0.0243. The van der Waals surface area contributed by atoms with Gasteiger partial charge in [-0.05, 0) is 77.0 Å². The summed E-state index contributed by atoms with van der Waals surface area (Å²) in [5.74, 6) is -0.211. The van der Waals surface area contributed by atoms with Crippen LogP contribution >= 0.6 is 7.82 Å². The molecule has 0 spiro atoms. The lowest BCUT2D eigenvalue weighted by molar-refractivity contribution is -0.870. The Morgan fingerprint density at radius 3 is 1.26 bits per heavy atom. The van der Waals surface area contributed by atoms with E-state index in [1.807, 2.05) is 27.2 Å². The summed E-state index contributed by atoms with van der Waals surface area (Å²) < 4.78 is 23.7. The maximum absolute atomic E-state index is 13.0. The van der Waals surface area contributed by atoms with Gasteiger partial charge in [0.05, 0.1) is 39.9 Å². The Labute approximate surface area is 432 Å². The van der Waals surface area contributed by atoms with Gasteiger partial charge in [0.25, 0.3) is 0 Å². The van der Waals surface area contributed by atoms with E-state index in [1.54, 1.807) is 6.08 Å². The SMILES string of the molecule is CC/C=C\C/C=C\C/C=C\C/C=C\C/C=C\C/C=C\C/C=C\CCCCCC(=O)NC(COP(=O)(O)OCC[N+](C)(C)C)C(O)/C=C/CCCCCCCCCCCCCCCCCCCCCCC. The largest absolute Gasteiger partial charge is 0.472 e. The molecule has 0 aliphatic heterocycles. The van der Waals surface area contributed by atoms with Crippen molar-refractivity contribution < 1.29 is 32.9 Å². The van der Waals surface area contributed by atoms with Crippen molar-refractivity contribution in [2.45, 2.75) is 244 Å². The minimum Gasteiger partial charge on any atom is -0.387 e. The Hall–Kier alpha value is -2.58. The first-order valence-electron chi connectivity index (χ1n) is 28.6. The molecule has 0 saturated carbocycles. The lowest BCUT2D eigenvalue weighted by Gasteiger charge is -2.25. The number of hydrogen-bond donors (Lipinski definition) is 3. The molecule has 0 bridgehead atoms. The summed E-state index contributed by atoms with van der Waals surface area (Å²) >= 11 is 0. The lowest BCUT2D eigenvalue weighted by atomic mass is 10.0. The fraction of sp³-hybridized carbons (Fsp3) is 0.721. The molecule has 1 amide bonds. The molecule has 0 aliphatic carbocycles. The number of quaternary nitrogens is 1. The molecule has 0 aromatic carbocycles. The van der Waals surface area contributed by atoms with E-state index in [-0.39, 0.29) is 19.1 Å². The molecule has 9 heteroatoms. The Morgan fingerprint density at radius 2 is 0.857 bits per heavy atom. The second kappa shape index (κ2) is 51.3. The van der Waals surface area contributed by atoms with Crippen LogP contribution in [0.1, 0.15) is 232 Å². The Bertz CT molecular complexity index is 1460. The van der Waals surface area contributed by atoms with Gasteiger partial charge in [0, 0.05) is 6.42 Å². The van der Waals surface area contributed by atoms with Gasteiger partial charge in [-0.25, -0.2) is 4.57 Å². The highest BCUT2D eigenvalue weighted by Crippen LogP contribution is 2.43. The topological polar surface area (TPSA) is 105 Å². The zero-order valence-corrected chi connectivity index (χ0v) is 46.9. The zero-order chi connectivity index (χ0) is 51.3. The minimum absolute atomic E-state index is 0.0496. The third-order valence-electron chi connectivity index (χ3n) is 12.3. The van der Waals surface area contributed by atoms with Crippen molar-refractivity contribution >= 4 is 13.7 Å². The minimum atomic E-state index is -4.36. The van der Waals surface area contributed by atoms with E-state index in [9.17, 15) is 19.4 Å². The molecule has 70 heavy (non-hydrogen) atoms. The number of carbonyl (C=O) groups is 1. The van der Waals surface area contributed by atoms with Gasteiger partial charge in [-0.1, -0.05) is 246 Å². The highest BCUT2D eigenvalue weighted by Gasteiger charge is 2.27. The number of hydrogen-bond acceptors (Lipinski definition) is 5. The van der Waals surface area contributed by atoms with Gasteiger partial charge >= 0.3 is 7.82 Å². The number of allylic oxidation sites excluding steroid dienone is 15. The van der Waals surface area contributed by atoms with Crippen molar-refractivity contribution in [3.8, 4) is 0 Å². The third kappa shape index (κ3) is 53.2. The molecule has 0 rings (SSSR count). The predicted molar refractivity (Wildman–Crippen MR) is 304 cm³/mol. The van der Waals surface area contributed by atoms with Crippen LogP contribution in [0.5, 0.6) is 0 Å². The number of nitrogens with zero attached hydrogens (tertiary/aromatic N) is 1. The van der Waals surface area contributed by atoms with Gasteiger partial charge in [0.15, 0.2) is 0 Å². The molecule has 8 nitrogen and oxygen atoms in total. The molecular weight excluding hydrogens is 888 g/mol. The maximum atomic E-state index is 13.0. The third-order valence-corrected chi connectivity index (χ3v) is 13.3.